The van der Waals surface area contributed by atoms with Gasteiger partial charge in [-0.3, -0.25) is 4.98 Å². The van der Waals surface area contributed by atoms with Crippen LogP contribution in [-0.2, 0) is 6.54 Å². The quantitative estimate of drug-likeness (QED) is 0.767. The van der Waals surface area contributed by atoms with Crippen molar-refractivity contribution in [3.05, 3.63) is 66.0 Å². The number of aryl methyl sites for hydroxylation is 1. The lowest BCUT2D eigenvalue weighted by Crippen LogP contribution is -2.11. The molecule has 0 spiro atoms. The second-order valence-corrected chi connectivity index (χ2v) is 5.34. The van der Waals surface area contributed by atoms with Crippen LogP contribution in [0.2, 0.25) is 0 Å². The first-order valence-corrected chi connectivity index (χ1v) is 7.43. The molecule has 0 aliphatic rings. The van der Waals surface area contributed by atoms with E-state index >= 15 is 0 Å². The zero-order valence-electron chi connectivity index (χ0n) is 12.6. The lowest BCUT2D eigenvalue weighted by Gasteiger charge is -2.11. The highest BCUT2D eigenvalue weighted by molar-refractivity contribution is 5.96. The topological polar surface area (TPSA) is 24.9 Å². The molecule has 1 heterocycles. The second kappa shape index (κ2) is 6.06. The second-order valence-electron chi connectivity index (χ2n) is 5.34. The number of rotatable bonds is 4. The Hall–Kier alpha value is -2.19. The van der Waals surface area contributed by atoms with E-state index in [1.165, 1.54) is 33.0 Å². The van der Waals surface area contributed by atoms with E-state index in [1.807, 2.05) is 12.4 Å². The molecule has 2 nitrogen and oxygen atoms in total. The number of hydrogen-bond donors (Lipinski definition) is 1. The van der Waals surface area contributed by atoms with Crippen molar-refractivity contribution in [2.75, 3.05) is 6.54 Å². The average molecular weight is 276 g/mol. The average Bonchev–Trinajstić information content (AvgIpc) is 2.53. The summed E-state index contributed by atoms with van der Waals surface area (Å²) in [7, 11) is 0. The highest BCUT2D eigenvalue weighted by atomic mass is 14.8. The molecule has 106 valence electrons. The molecule has 2 aromatic carbocycles. The zero-order valence-corrected chi connectivity index (χ0v) is 12.6. The summed E-state index contributed by atoms with van der Waals surface area (Å²) in [6.45, 7) is 6.22. The molecule has 21 heavy (non-hydrogen) atoms. The molecule has 0 fully saturated rings. The van der Waals surface area contributed by atoms with Crippen LogP contribution in [0.4, 0.5) is 0 Å². The summed E-state index contributed by atoms with van der Waals surface area (Å²) in [5, 5.41) is 5.81. The summed E-state index contributed by atoms with van der Waals surface area (Å²) in [5.74, 6) is 0. The molecular formula is C19H20N2. The summed E-state index contributed by atoms with van der Waals surface area (Å²) in [6, 6.07) is 15.1. The number of benzene rings is 2. The number of hydrogen-bond acceptors (Lipinski definition) is 2. The van der Waals surface area contributed by atoms with Crippen LogP contribution in [-0.4, -0.2) is 11.5 Å². The monoisotopic (exact) mass is 276 g/mol. The summed E-state index contributed by atoms with van der Waals surface area (Å²) in [5.41, 5.74) is 5.09. The summed E-state index contributed by atoms with van der Waals surface area (Å²) in [4.78, 5) is 4.39. The normalized spacial score (nSPS) is 11.0. The van der Waals surface area contributed by atoms with Gasteiger partial charge in [0.2, 0.25) is 0 Å². The first-order valence-electron chi connectivity index (χ1n) is 7.43. The summed E-state index contributed by atoms with van der Waals surface area (Å²) in [6.07, 6.45) is 3.89. The van der Waals surface area contributed by atoms with E-state index in [4.69, 9.17) is 0 Å². The third-order valence-electron chi connectivity index (χ3n) is 3.83. The molecular weight excluding hydrogens is 256 g/mol. The van der Waals surface area contributed by atoms with Crippen molar-refractivity contribution in [3.63, 3.8) is 0 Å². The number of aromatic nitrogens is 1. The predicted molar refractivity (Wildman–Crippen MR) is 89.3 cm³/mol. The Balaban J connectivity index is 2.06. The van der Waals surface area contributed by atoms with Crippen molar-refractivity contribution in [1.82, 2.24) is 10.3 Å². The van der Waals surface area contributed by atoms with Crippen LogP contribution in [0.25, 0.3) is 21.9 Å². The minimum Gasteiger partial charge on any atom is -0.313 e. The van der Waals surface area contributed by atoms with Crippen LogP contribution in [0, 0.1) is 6.92 Å². The minimum atomic E-state index is 0.922. The van der Waals surface area contributed by atoms with E-state index in [2.05, 4.69) is 66.6 Å². The Morgan fingerprint density at radius 3 is 2.67 bits per heavy atom. The van der Waals surface area contributed by atoms with Crippen molar-refractivity contribution in [3.8, 4) is 11.1 Å². The van der Waals surface area contributed by atoms with E-state index in [1.54, 1.807) is 0 Å². The summed E-state index contributed by atoms with van der Waals surface area (Å²) >= 11 is 0. The molecule has 0 aliphatic heterocycles. The van der Waals surface area contributed by atoms with Gasteiger partial charge in [0.15, 0.2) is 0 Å². The number of nitrogens with zero attached hydrogens (tertiary/aromatic N) is 1. The fourth-order valence-corrected chi connectivity index (χ4v) is 2.74. The predicted octanol–water partition coefficient (Wildman–Crippen LogP) is 4.32. The fourth-order valence-electron chi connectivity index (χ4n) is 2.74. The number of pyridine rings is 1. The van der Waals surface area contributed by atoms with Crippen LogP contribution in [0.1, 0.15) is 18.1 Å². The van der Waals surface area contributed by atoms with Gasteiger partial charge >= 0.3 is 0 Å². The van der Waals surface area contributed by atoms with Gasteiger partial charge in [0, 0.05) is 29.9 Å². The van der Waals surface area contributed by atoms with Gasteiger partial charge in [-0.2, -0.15) is 0 Å². The SMILES string of the molecule is CCNCc1ccc(-c2cncc3ccccc23)c(C)c1. The number of nitrogens with one attached hydrogen (secondary N) is 1. The maximum Gasteiger partial charge on any atom is 0.0352 e. The smallest absolute Gasteiger partial charge is 0.0352 e. The molecule has 0 atom stereocenters. The first kappa shape index (κ1) is 13.8. The van der Waals surface area contributed by atoms with Gasteiger partial charge in [0.1, 0.15) is 0 Å². The van der Waals surface area contributed by atoms with Crippen LogP contribution >= 0.6 is 0 Å². The van der Waals surface area contributed by atoms with E-state index in [9.17, 15) is 0 Å². The Kier molecular flexibility index (Phi) is 3.98. The van der Waals surface area contributed by atoms with Crippen molar-refractivity contribution >= 4 is 10.8 Å². The van der Waals surface area contributed by atoms with Gasteiger partial charge in [-0.15, -0.1) is 0 Å². The Labute approximate surface area is 125 Å². The molecule has 0 saturated carbocycles. The van der Waals surface area contributed by atoms with Crippen molar-refractivity contribution < 1.29 is 0 Å². The van der Waals surface area contributed by atoms with Gasteiger partial charge in [-0.05, 0) is 35.5 Å². The van der Waals surface area contributed by atoms with E-state index in [0.29, 0.717) is 0 Å². The molecule has 0 radical (unpaired) electrons. The van der Waals surface area contributed by atoms with Gasteiger partial charge in [-0.1, -0.05) is 49.4 Å². The highest BCUT2D eigenvalue weighted by Gasteiger charge is 2.07. The molecule has 0 bridgehead atoms. The third-order valence-corrected chi connectivity index (χ3v) is 3.83. The van der Waals surface area contributed by atoms with Crippen molar-refractivity contribution in [2.45, 2.75) is 20.4 Å². The lowest BCUT2D eigenvalue weighted by atomic mass is 9.96. The first-order chi connectivity index (χ1) is 10.3. The van der Waals surface area contributed by atoms with E-state index < -0.39 is 0 Å². The molecule has 3 rings (SSSR count). The summed E-state index contributed by atoms with van der Waals surface area (Å²) < 4.78 is 0. The third kappa shape index (κ3) is 2.81. The maximum absolute atomic E-state index is 4.39. The molecule has 0 aliphatic carbocycles. The Bertz CT molecular complexity index is 757. The van der Waals surface area contributed by atoms with Crippen LogP contribution in [0.3, 0.4) is 0 Å². The fraction of sp³-hybridized carbons (Fsp3) is 0.211. The zero-order chi connectivity index (χ0) is 14.7. The minimum absolute atomic E-state index is 0.922. The number of fused-ring (bicyclic) bond motifs is 1. The van der Waals surface area contributed by atoms with Crippen LogP contribution in [0.5, 0.6) is 0 Å². The van der Waals surface area contributed by atoms with Crippen LogP contribution in [0.15, 0.2) is 54.9 Å². The highest BCUT2D eigenvalue weighted by Crippen LogP contribution is 2.30. The van der Waals surface area contributed by atoms with Crippen molar-refractivity contribution in [1.29, 1.82) is 0 Å². The molecule has 0 saturated heterocycles. The molecule has 1 aromatic heterocycles. The Morgan fingerprint density at radius 1 is 1.00 bits per heavy atom. The maximum atomic E-state index is 4.39. The Morgan fingerprint density at radius 2 is 1.86 bits per heavy atom. The van der Waals surface area contributed by atoms with Crippen LogP contribution < -0.4 is 5.32 Å². The largest absolute Gasteiger partial charge is 0.313 e. The standard InChI is InChI=1S/C19H20N2/c1-3-20-11-15-8-9-17(14(2)10-15)19-13-21-12-16-6-4-5-7-18(16)19/h4-10,12-13,20H,3,11H2,1-2H3. The van der Waals surface area contributed by atoms with E-state index in [-0.39, 0.29) is 0 Å². The van der Waals surface area contributed by atoms with E-state index in [0.717, 1.165) is 13.1 Å². The van der Waals surface area contributed by atoms with Crippen molar-refractivity contribution in [2.24, 2.45) is 0 Å². The van der Waals surface area contributed by atoms with Gasteiger partial charge in [0.05, 0.1) is 0 Å². The lowest BCUT2D eigenvalue weighted by molar-refractivity contribution is 0.726. The molecule has 1 N–H and O–H groups in total. The van der Waals surface area contributed by atoms with Gasteiger partial charge < -0.3 is 5.32 Å². The molecule has 2 heteroatoms. The molecule has 3 aromatic rings. The van der Waals surface area contributed by atoms with Gasteiger partial charge in [-0.25, -0.2) is 0 Å². The van der Waals surface area contributed by atoms with Gasteiger partial charge in [0.25, 0.3) is 0 Å². The molecule has 0 amide bonds. The molecule has 0 unspecified atom stereocenters.